The Morgan fingerprint density at radius 2 is 1.78 bits per heavy atom. The molecule has 6 nitrogen and oxygen atoms in total. The van der Waals surface area contributed by atoms with Gasteiger partial charge in [0.15, 0.2) is 11.5 Å². The van der Waals surface area contributed by atoms with Crippen LogP contribution in [0.25, 0.3) is 6.08 Å². The van der Waals surface area contributed by atoms with Crippen molar-refractivity contribution in [2.45, 2.75) is 18.9 Å². The Bertz CT molecular complexity index is 886. The number of carbonyl (C=O) groups excluding carboxylic acids is 2. The summed E-state index contributed by atoms with van der Waals surface area (Å²) in [5, 5.41) is 5.75. The maximum absolute atomic E-state index is 12.2. The van der Waals surface area contributed by atoms with E-state index in [1.165, 1.54) is 6.08 Å². The molecule has 138 valence electrons. The number of amides is 2. The molecular weight excluding hydrogens is 344 g/mol. The molecule has 27 heavy (non-hydrogen) atoms. The monoisotopic (exact) mass is 364 g/mol. The van der Waals surface area contributed by atoms with Crippen LogP contribution in [0.4, 0.5) is 5.69 Å². The summed E-state index contributed by atoms with van der Waals surface area (Å²) < 4.78 is 11.1. The van der Waals surface area contributed by atoms with Crippen LogP contribution in [0.15, 0.2) is 48.5 Å². The van der Waals surface area contributed by atoms with Gasteiger partial charge in [0.05, 0.1) is 5.69 Å². The highest BCUT2D eigenvalue weighted by Crippen LogP contribution is 2.37. The number of ether oxygens (including phenoxy) is 2. The Kier molecular flexibility index (Phi) is 4.78. The molecule has 1 fully saturated rings. The van der Waals surface area contributed by atoms with Gasteiger partial charge in [-0.05, 0) is 48.7 Å². The van der Waals surface area contributed by atoms with Gasteiger partial charge in [-0.3, -0.25) is 9.59 Å². The minimum Gasteiger partial charge on any atom is -0.486 e. The first-order valence-corrected chi connectivity index (χ1v) is 8.98. The van der Waals surface area contributed by atoms with Crippen molar-refractivity contribution in [2.75, 3.05) is 18.5 Å². The summed E-state index contributed by atoms with van der Waals surface area (Å²) in [6, 6.07) is 12.9. The second kappa shape index (κ2) is 7.53. The van der Waals surface area contributed by atoms with Gasteiger partial charge in [-0.2, -0.15) is 0 Å². The number of para-hydroxylation sites is 1. The lowest BCUT2D eigenvalue weighted by atomic mass is 10.1. The van der Waals surface area contributed by atoms with E-state index in [-0.39, 0.29) is 11.8 Å². The van der Waals surface area contributed by atoms with Crippen LogP contribution in [-0.2, 0) is 4.79 Å². The van der Waals surface area contributed by atoms with E-state index >= 15 is 0 Å². The zero-order valence-corrected chi connectivity index (χ0v) is 14.7. The van der Waals surface area contributed by atoms with Crippen LogP contribution in [0.1, 0.15) is 28.8 Å². The van der Waals surface area contributed by atoms with E-state index in [4.69, 9.17) is 9.47 Å². The van der Waals surface area contributed by atoms with Crippen molar-refractivity contribution in [1.29, 1.82) is 0 Å². The van der Waals surface area contributed by atoms with Gasteiger partial charge < -0.3 is 20.1 Å². The van der Waals surface area contributed by atoms with E-state index < -0.39 is 0 Å². The molecule has 0 bridgehead atoms. The van der Waals surface area contributed by atoms with Crippen molar-refractivity contribution in [3.63, 3.8) is 0 Å². The molecule has 2 aliphatic rings. The van der Waals surface area contributed by atoms with Crippen molar-refractivity contribution in [3.8, 4) is 11.5 Å². The summed E-state index contributed by atoms with van der Waals surface area (Å²) in [4.78, 5) is 24.2. The van der Waals surface area contributed by atoms with Crippen molar-refractivity contribution in [2.24, 2.45) is 0 Å². The highest BCUT2D eigenvalue weighted by molar-refractivity contribution is 6.03. The summed E-state index contributed by atoms with van der Waals surface area (Å²) in [5.74, 6) is 0.856. The molecular formula is C21H20N2O4. The third kappa shape index (κ3) is 4.28. The molecule has 0 unspecified atom stereocenters. The molecule has 1 saturated carbocycles. The van der Waals surface area contributed by atoms with Gasteiger partial charge in [-0.15, -0.1) is 0 Å². The van der Waals surface area contributed by atoms with Gasteiger partial charge in [-0.1, -0.05) is 18.2 Å². The van der Waals surface area contributed by atoms with Crippen LogP contribution in [0.2, 0.25) is 0 Å². The molecule has 0 saturated heterocycles. The number of carbonyl (C=O) groups is 2. The fourth-order valence-electron chi connectivity index (χ4n) is 2.76. The zero-order valence-electron chi connectivity index (χ0n) is 14.7. The Balaban J connectivity index is 1.38. The fraction of sp³-hybridized carbons (Fsp3) is 0.238. The molecule has 1 aliphatic carbocycles. The molecule has 2 amide bonds. The number of nitrogens with one attached hydrogen (secondary N) is 2. The third-order valence-corrected chi connectivity index (χ3v) is 4.34. The van der Waals surface area contributed by atoms with Crippen LogP contribution in [0, 0.1) is 0 Å². The Morgan fingerprint density at radius 1 is 1.00 bits per heavy atom. The molecule has 1 aliphatic heterocycles. The van der Waals surface area contributed by atoms with Crippen LogP contribution < -0.4 is 20.1 Å². The molecule has 2 aromatic carbocycles. The van der Waals surface area contributed by atoms with E-state index in [2.05, 4.69) is 10.6 Å². The minimum atomic E-state index is -0.270. The number of hydrogen-bond donors (Lipinski definition) is 2. The third-order valence-electron chi connectivity index (χ3n) is 4.34. The van der Waals surface area contributed by atoms with E-state index in [9.17, 15) is 9.59 Å². The van der Waals surface area contributed by atoms with Crippen LogP contribution in [0.5, 0.6) is 11.5 Å². The highest BCUT2D eigenvalue weighted by Gasteiger charge is 2.23. The number of fused-ring (bicyclic) bond motifs is 1. The smallest absolute Gasteiger partial charge is 0.251 e. The van der Waals surface area contributed by atoms with Crippen LogP contribution in [0.3, 0.4) is 0 Å². The van der Waals surface area contributed by atoms with Crippen LogP contribution in [-0.4, -0.2) is 31.1 Å². The van der Waals surface area contributed by atoms with Crippen molar-refractivity contribution >= 4 is 23.6 Å². The molecule has 4 rings (SSSR count). The molecule has 0 atom stereocenters. The molecule has 0 spiro atoms. The topological polar surface area (TPSA) is 76.7 Å². The van der Waals surface area contributed by atoms with Gasteiger partial charge in [-0.25, -0.2) is 0 Å². The number of rotatable bonds is 5. The van der Waals surface area contributed by atoms with Crippen molar-refractivity contribution in [1.82, 2.24) is 5.32 Å². The Hall–Kier alpha value is -3.28. The average molecular weight is 364 g/mol. The van der Waals surface area contributed by atoms with E-state index in [1.54, 1.807) is 36.4 Å². The Morgan fingerprint density at radius 3 is 2.56 bits per heavy atom. The lowest BCUT2D eigenvalue weighted by molar-refractivity contribution is -0.111. The zero-order chi connectivity index (χ0) is 18.6. The average Bonchev–Trinajstić information content (AvgIpc) is 3.51. The lowest BCUT2D eigenvalue weighted by Crippen LogP contribution is -2.25. The van der Waals surface area contributed by atoms with Crippen molar-refractivity contribution in [3.05, 3.63) is 59.7 Å². The normalized spacial score (nSPS) is 15.4. The first kappa shape index (κ1) is 17.1. The van der Waals surface area contributed by atoms with E-state index in [1.807, 2.05) is 12.1 Å². The summed E-state index contributed by atoms with van der Waals surface area (Å²) in [5.41, 5.74) is 2.04. The Labute approximate surface area is 157 Å². The number of anilines is 1. The maximum Gasteiger partial charge on any atom is 0.251 e. The quantitative estimate of drug-likeness (QED) is 0.800. The molecule has 6 heteroatoms. The second-order valence-corrected chi connectivity index (χ2v) is 6.52. The van der Waals surface area contributed by atoms with Crippen LogP contribution >= 0.6 is 0 Å². The molecule has 0 radical (unpaired) electrons. The summed E-state index contributed by atoms with van der Waals surface area (Å²) in [6.45, 7) is 0.954. The number of benzene rings is 2. The minimum absolute atomic E-state index is 0.0538. The predicted molar refractivity (Wildman–Crippen MR) is 102 cm³/mol. The largest absolute Gasteiger partial charge is 0.486 e. The van der Waals surface area contributed by atoms with E-state index in [0.29, 0.717) is 42.0 Å². The molecule has 0 aromatic heterocycles. The van der Waals surface area contributed by atoms with Gasteiger partial charge >= 0.3 is 0 Å². The molecule has 2 N–H and O–H groups in total. The first-order valence-electron chi connectivity index (χ1n) is 8.98. The van der Waals surface area contributed by atoms with E-state index in [0.717, 1.165) is 18.4 Å². The summed E-state index contributed by atoms with van der Waals surface area (Å²) >= 11 is 0. The van der Waals surface area contributed by atoms with Gasteiger partial charge in [0.25, 0.3) is 5.91 Å². The second-order valence-electron chi connectivity index (χ2n) is 6.52. The first-order chi connectivity index (χ1) is 13.2. The molecule has 2 aromatic rings. The van der Waals surface area contributed by atoms with Gasteiger partial charge in [0.1, 0.15) is 13.2 Å². The fourth-order valence-corrected chi connectivity index (χ4v) is 2.76. The maximum atomic E-state index is 12.2. The molecule has 1 heterocycles. The standard InChI is InChI=1S/C21H20N2O4/c24-19(23-17-2-1-3-18-20(17)27-13-12-26-18)11-6-14-4-7-15(8-5-14)21(25)22-16-9-10-16/h1-8,11,16H,9-10,12-13H2,(H,22,25)(H,23,24)/b11-6+. The van der Waals surface area contributed by atoms with Crippen molar-refractivity contribution < 1.29 is 19.1 Å². The highest BCUT2D eigenvalue weighted by atomic mass is 16.6. The predicted octanol–water partition coefficient (Wildman–Crippen LogP) is 3.00. The van der Waals surface area contributed by atoms with Gasteiger partial charge in [0.2, 0.25) is 5.91 Å². The van der Waals surface area contributed by atoms with Gasteiger partial charge in [0, 0.05) is 17.7 Å². The number of hydrogen-bond acceptors (Lipinski definition) is 4. The SMILES string of the molecule is O=C(/C=C/c1ccc(C(=O)NC2CC2)cc1)Nc1cccc2c1OCCO2. The summed E-state index contributed by atoms with van der Waals surface area (Å²) in [7, 11) is 0. The summed E-state index contributed by atoms with van der Waals surface area (Å²) in [6.07, 6.45) is 5.26. The lowest BCUT2D eigenvalue weighted by Gasteiger charge is -2.20.